The van der Waals surface area contributed by atoms with Gasteiger partial charge in [0.25, 0.3) is 0 Å². The summed E-state index contributed by atoms with van der Waals surface area (Å²) in [6.07, 6.45) is 4.71. The summed E-state index contributed by atoms with van der Waals surface area (Å²) in [6, 6.07) is 6.61. The van der Waals surface area contributed by atoms with Gasteiger partial charge in [0, 0.05) is 18.7 Å². The Hall–Kier alpha value is -1.31. The molecule has 0 heterocycles. The van der Waals surface area contributed by atoms with Gasteiger partial charge in [-0.05, 0) is 50.5 Å². The van der Waals surface area contributed by atoms with E-state index in [1.54, 1.807) is 6.92 Å². The molecule has 2 heteroatoms. The van der Waals surface area contributed by atoms with E-state index in [4.69, 9.17) is 0 Å². The zero-order chi connectivity index (χ0) is 14.4. The second-order valence-electron chi connectivity index (χ2n) is 5.58. The highest BCUT2D eigenvalue weighted by Crippen LogP contribution is 2.23. The van der Waals surface area contributed by atoms with Gasteiger partial charge in [0.15, 0.2) is 0 Å². The zero-order valence-electron chi connectivity index (χ0n) is 13.0. The molecule has 0 saturated heterocycles. The number of aryl methyl sites for hydroxylation is 2. The molecule has 0 aromatic heterocycles. The van der Waals surface area contributed by atoms with Gasteiger partial charge in [-0.3, -0.25) is 4.79 Å². The monoisotopic (exact) mass is 261 g/mol. The minimum Gasteiger partial charge on any atom is -0.310 e. The average Bonchev–Trinajstić information content (AvgIpc) is 2.27. The van der Waals surface area contributed by atoms with E-state index in [9.17, 15) is 4.79 Å². The summed E-state index contributed by atoms with van der Waals surface area (Å²) in [7, 11) is 0. The summed E-state index contributed by atoms with van der Waals surface area (Å²) in [5.74, 6) is 0.133. The molecule has 1 atom stereocenters. The third-order valence-electron chi connectivity index (χ3n) is 3.49. The highest BCUT2D eigenvalue weighted by atomic mass is 16.2. The molecule has 0 saturated carbocycles. The van der Waals surface area contributed by atoms with Gasteiger partial charge in [0.1, 0.15) is 0 Å². The molecule has 0 aliphatic heterocycles. The van der Waals surface area contributed by atoms with Crippen LogP contribution in [-0.4, -0.2) is 11.9 Å². The first-order valence-corrected chi connectivity index (χ1v) is 7.33. The first kappa shape index (κ1) is 15.7. The Morgan fingerprint density at radius 3 is 2.21 bits per heavy atom. The van der Waals surface area contributed by atoms with Gasteiger partial charge in [-0.25, -0.2) is 0 Å². The molecule has 0 spiro atoms. The number of benzene rings is 1. The molecule has 0 bridgehead atoms. The summed E-state index contributed by atoms with van der Waals surface area (Å²) < 4.78 is 0. The Morgan fingerprint density at radius 2 is 1.74 bits per heavy atom. The second-order valence-corrected chi connectivity index (χ2v) is 5.58. The van der Waals surface area contributed by atoms with Crippen LogP contribution in [0.3, 0.4) is 0 Å². The van der Waals surface area contributed by atoms with Gasteiger partial charge >= 0.3 is 0 Å². The summed E-state index contributed by atoms with van der Waals surface area (Å²) in [4.78, 5) is 13.9. The summed E-state index contributed by atoms with van der Waals surface area (Å²) in [6.45, 7) is 10.2. The van der Waals surface area contributed by atoms with Gasteiger partial charge in [0.2, 0.25) is 5.91 Å². The third kappa shape index (κ3) is 4.70. The minimum absolute atomic E-state index is 0.133. The normalized spacial score (nSPS) is 12.3. The van der Waals surface area contributed by atoms with Crippen molar-refractivity contribution in [3.63, 3.8) is 0 Å². The van der Waals surface area contributed by atoms with E-state index >= 15 is 0 Å². The Morgan fingerprint density at radius 1 is 1.16 bits per heavy atom. The number of amides is 1. The molecule has 0 fully saturated rings. The molecule has 1 amide bonds. The average molecular weight is 261 g/mol. The van der Waals surface area contributed by atoms with Crippen LogP contribution in [0.4, 0.5) is 5.69 Å². The number of anilines is 1. The maximum absolute atomic E-state index is 12.0. The number of rotatable bonds is 6. The molecule has 0 N–H and O–H groups in total. The largest absolute Gasteiger partial charge is 0.310 e. The standard InChI is InChI=1S/C17H27NO/c1-6-7-8-9-15(4)18(16(5)19)17-11-13(2)10-14(3)12-17/h10-12,15H,6-9H2,1-5H3. The summed E-state index contributed by atoms with van der Waals surface area (Å²) in [5.41, 5.74) is 3.46. The molecule has 19 heavy (non-hydrogen) atoms. The van der Waals surface area contributed by atoms with Crippen LogP contribution < -0.4 is 4.90 Å². The van der Waals surface area contributed by atoms with E-state index in [0.29, 0.717) is 0 Å². The van der Waals surface area contributed by atoms with Crippen LogP contribution in [0, 0.1) is 13.8 Å². The number of hydrogen-bond donors (Lipinski definition) is 0. The van der Waals surface area contributed by atoms with Gasteiger partial charge < -0.3 is 4.90 Å². The lowest BCUT2D eigenvalue weighted by molar-refractivity contribution is -0.117. The first-order chi connectivity index (χ1) is 8.95. The van der Waals surface area contributed by atoms with E-state index in [-0.39, 0.29) is 11.9 Å². The maximum atomic E-state index is 12.0. The van der Waals surface area contributed by atoms with Gasteiger partial charge in [-0.15, -0.1) is 0 Å². The van der Waals surface area contributed by atoms with Crippen LogP contribution in [0.15, 0.2) is 18.2 Å². The molecular weight excluding hydrogens is 234 g/mol. The van der Waals surface area contributed by atoms with Crippen LogP contribution in [0.2, 0.25) is 0 Å². The molecule has 0 radical (unpaired) electrons. The highest BCUT2D eigenvalue weighted by Gasteiger charge is 2.18. The van der Waals surface area contributed by atoms with E-state index in [0.717, 1.165) is 12.1 Å². The quantitative estimate of drug-likeness (QED) is 0.684. The van der Waals surface area contributed by atoms with Crippen molar-refractivity contribution in [1.29, 1.82) is 0 Å². The van der Waals surface area contributed by atoms with Crippen molar-refractivity contribution in [1.82, 2.24) is 0 Å². The maximum Gasteiger partial charge on any atom is 0.224 e. The Kier molecular flexibility index (Phi) is 6.07. The Labute approximate surface area is 117 Å². The molecule has 2 nitrogen and oxygen atoms in total. The van der Waals surface area contributed by atoms with Crippen molar-refractivity contribution in [2.45, 2.75) is 66.3 Å². The second kappa shape index (κ2) is 7.32. The van der Waals surface area contributed by atoms with Crippen LogP contribution in [0.25, 0.3) is 0 Å². The fraction of sp³-hybridized carbons (Fsp3) is 0.588. The van der Waals surface area contributed by atoms with E-state index in [1.807, 2.05) is 4.90 Å². The summed E-state index contributed by atoms with van der Waals surface area (Å²) >= 11 is 0. The van der Waals surface area contributed by atoms with E-state index in [2.05, 4.69) is 45.9 Å². The van der Waals surface area contributed by atoms with E-state index in [1.165, 1.54) is 30.4 Å². The minimum atomic E-state index is 0.133. The molecule has 1 aromatic carbocycles. The van der Waals surface area contributed by atoms with Crippen LogP contribution in [0.1, 0.15) is 57.6 Å². The summed E-state index contributed by atoms with van der Waals surface area (Å²) in [5, 5.41) is 0. The molecule has 106 valence electrons. The van der Waals surface area contributed by atoms with Gasteiger partial charge in [-0.2, -0.15) is 0 Å². The number of carbonyl (C=O) groups is 1. The number of unbranched alkanes of at least 4 members (excludes halogenated alkanes) is 2. The third-order valence-corrected chi connectivity index (χ3v) is 3.49. The SMILES string of the molecule is CCCCCC(C)N(C(C)=O)c1cc(C)cc(C)c1. The van der Waals surface area contributed by atoms with Crippen molar-refractivity contribution in [3.8, 4) is 0 Å². The van der Waals surface area contributed by atoms with Gasteiger partial charge in [0.05, 0.1) is 0 Å². The topological polar surface area (TPSA) is 20.3 Å². The van der Waals surface area contributed by atoms with Crippen LogP contribution >= 0.6 is 0 Å². The fourth-order valence-electron chi connectivity index (χ4n) is 2.66. The predicted octanol–water partition coefficient (Wildman–Crippen LogP) is 4.63. The number of nitrogens with zero attached hydrogens (tertiary/aromatic N) is 1. The highest BCUT2D eigenvalue weighted by molar-refractivity contribution is 5.92. The molecule has 1 rings (SSSR count). The lowest BCUT2D eigenvalue weighted by Gasteiger charge is -2.29. The van der Waals surface area contributed by atoms with Gasteiger partial charge in [-0.1, -0.05) is 32.3 Å². The molecular formula is C17H27NO. The first-order valence-electron chi connectivity index (χ1n) is 7.33. The molecule has 0 aliphatic carbocycles. The molecule has 1 aromatic rings. The van der Waals surface area contributed by atoms with Crippen molar-refractivity contribution >= 4 is 11.6 Å². The lowest BCUT2D eigenvalue weighted by Crippen LogP contribution is -2.37. The number of carbonyl (C=O) groups excluding carboxylic acids is 1. The Balaban J connectivity index is 2.90. The molecule has 0 aliphatic rings. The smallest absolute Gasteiger partial charge is 0.224 e. The fourth-order valence-corrected chi connectivity index (χ4v) is 2.66. The molecule has 1 unspecified atom stereocenters. The van der Waals surface area contributed by atoms with Crippen molar-refractivity contribution in [2.75, 3.05) is 4.90 Å². The zero-order valence-corrected chi connectivity index (χ0v) is 13.0. The van der Waals surface area contributed by atoms with Crippen LogP contribution in [0.5, 0.6) is 0 Å². The Bertz CT molecular complexity index is 405. The lowest BCUT2D eigenvalue weighted by atomic mass is 10.1. The van der Waals surface area contributed by atoms with Crippen molar-refractivity contribution < 1.29 is 4.79 Å². The predicted molar refractivity (Wildman–Crippen MR) is 82.7 cm³/mol. The van der Waals surface area contributed by atoms with Crippen molar-refractivity contribution in [3.05, 3.63) is 29.3 Å². The number of hydrogen-bond acceptors (Lipinski definition) is 1. The van der Waals surface area contributed by atoms with Crippen molar-refractivity contribution in [2.24, 2.45) is 0 Å². The van der Waals surface area contributed by atoms with Crippen LogP contribution in [-0.2, 0) is 4.79 Å². The van der Waals surface area contributed by atoms with E-state index < -0.39 is 0 Å².